The minimum absolute atomic E-state index is 0.00562. The Morgan fingerprint density at radius 2 is 1.44 bits per heavy atom. The molecular formula is C34H34Cl3N3O4S. The van der Waals surface area contributed by atoms with Gasteiger partial charge in [0.25, 0.3) is 10.0 Å². The van der Waals surface area contributed by atoms with Crippen LogP contribution in [0.3, 0.4) is 0 Å². The van der Waals surface area contributed by atoms with Crippen LogP contribution in [0.25, 0.3) is 0 Å². The smallest absolute Gasteiger partial charge is 0.264 e. The van der Waals surface area contributed by atoms with Crippen molar-refractivity contribution in [2.45, 2.75) is 43.7 Å². The monoisotopic (exact) mass is 685 g/mol. The van der Waals surface area contributed by atoms with Crippen LogP contribution in [0.2, 0.25) is 15.1 Å². The molecule has 0 aromatic heterocycles. The van der Waals surface area contributed by atoms with E-state index in [2.05, 4.69) is 5.32 Å². The molecular weight excluding hydrogens is 653 g/mol. The molecule has 0 saturated heterocycles. The van der Waals surface area contributed by atoms with Gasteiger partial charge in [0.1, 0.15) is 12.6 Å². The van der Waals surface area contributed by atoms with Crippen LogP contribution in [-0.2, 0) is 32.6 Å². The first kappa shape index (κ1) is 34.3. The fourth-order valence-electron chi connectivity index (χ4n) is 4.81. The molecule has 0 fully saturated rings. The number of carbonyl (C=O) groups excluding carboxylic acids is 2. The second-order valence-electron chi connectivity index (χ2n) is 10.4. The minimum atomic E-state index is -4.28. The Morgan fingerprint density at radius 1 is 0.800 bits per heavy atom. The van der Waals surface area contributed by atoms with Gasteiger partial charge in [-0.05, 0) is 60.0 Å². The molecule has 0 aliphatic heterocycles. The first-order valence-corrected chi connectivity index (χ1v) is 17.1. The Kier molecular flexibility index (Phi) is 12.3. The van der Waals surface area contributed by atoms with Crippen molar-refractivity contribution in [2.24, 2.45) is 0 Å². The highest BCUT2D eigenvalue weighted by atomic mass is 35.5. The van der Waals surface area contributed by atoms with Crippen LogP contribution in [0.4, 0.5) is 5.69 Å². The first-order valence-electron chi connectivity index (χ1n) is 14.5. The van der Waals surface area contributed by atoms with Crippen molar-refractivity contribution in [2.75, 3.05) is 17.4 Å². The minimum Gasteiger partial charge on any atom is -0.354 e. The van der Waals surface area contributed by atoms with E-state index in [-0.39, 0.29) is 34.5 Å². The summed E-state index contributed by atoms with van der Waals surface area (Å²) in [7, 11) is -4.28. The Morgan fingerprint density at radius 3 is 2.09 bits per heavy atom. The number of amides is 2. The van der Waals surface area contributed by atoms with Gasteiger partial charge in [-0.1, -0.05) is 109 Å². The van der Waals surface area contributed by atoms with Gasteiger partial charge in [0, 0.05) is 29.6 Å². The number of carbonyl (C=O) groups is 2. The zero-order chi connectivity index (χ0) is 32.4. The Labute approximate surface area is 279 Å². The zero-order valence-corrected chi connectivity index (χ0v) is 27.8. The van der Waals surface area contributed by atoms with Crippen molar-refractivity contribution in [3.8, 4) is 0 Å². The van der Waals surface area contributed by atoms with Crippen LogP contribution < -0.4 is 9.62 Å². The lowest BCUT2D eigenvalue weighted by Gasteiger charge is -2.34. The second-order valence-corrected chi connectivity index (χ2v) is 13.6. The lowest BCUT2D eigenvalue weighted by Crippen LogP contribution is -2.53. The highest BCUT2D eigenvalue weighted by molar-refractivity contribution is 7.92. The van der Waals surface area contributed by atoms with E-state index in [4.69, 9.17) is 34.8 Å². The van der Waals surface area contributed by atoms with Gasteiger partial charge in [0.15, 0.2) is 0 Å². The first-order chi connectivity index (χ1) is 21.6. The van der Waals surface area contributed by atoms with Gasteiger partial charge in [0.2, 0.25) is 11.8 Å². The number of rotatable bonds is 14. The molecule has 1 N–H and O–H groups in total. The Hall–Kier alpha value is -3.56. The standard InChI is InChI=1S/C34H34Cl3N3O4S/c1-2-3-19-38-34(42)32(21-25-11-6-4-7-12-25)39(23-26-13-10-14-27(35)20-26)33(41)24-40(31-18-17-28(36)22-30(31)37)45(43,44)29-15-8-5-9-16-29/h4-18,20,22,32H,2-3,19,21,23-24H2,1H3,(H,38,42)/t32-/m0/s1. The molecule has 45 heavy (non-hydrogen) atoms. The molecule has 0 heterocycles. The molecule has 0 unspecified atom stereocenters. The van der Waals surface area contributed by atoms with Gasteiger partial charge in [-0.25, -0.2) is 8.42 Å². The van der Waals surface area contributed by atoms with Crippen molar-refractivity contribution in [1.29, 1.82) is 0 Å². The summed E-state index contributed by atoms with van der Waals surface area (Å²) >= 11 is 19.0. The number of nitrogens with zero attached hydrogens (tertiary/aromatic N) is 2. The molecule has 0 bridgehead atoms. The van der Waals surface area contributed by atoms with Crippen LogP contribution in [0, 0.1) is 0 Å². The van der Waals surface area contributed by atoms with Crippen LogP contribution in [0.1, 0.15) is 30.9 Å². The summed E-state index contributed by atoms with van der Waals surface area (Å²) in [4.78, 5) is 29.7. The second kappa shape index (κ2) is 16.1. The van der Waals surface area contributed by atoms with Crippen molar-refractivity contribution in [3.63, 3.8) is 0 Å². The van der Waals surface area contributed by atoms with Gasteiger partial charge in [0.05, 0.1) is 15.6 Å². The maximum Gasteiger partial charge on any atom is 0.264 e. The number of anilines is 1. The number of hydrogen-bond acceptors (Lipinski definition) is 4. The number of sulfonamides is 1. The van der Waals surface area contributed by atoms with E-state index in [1.54, 1.807) is 42.5 Å². The predicted molar refractivity (Wildman–Crippen MR) is 181 cm³/mol. The van der Waals surface area contributed by atoms with Crippen molar-refractivity contribution in [1.82, 2.24) is 10.2 Å². The summed E-state index contributed by atoms with van der Waals surface area (Å²) in [6, 6.07) is 27.5. The molecule has 0 radical (unpaired) electrons. The van der Waals surface area contributed by atoms with Crippen LogP contribution in [-0.4, -0.2) is 44.3 Å². The van der Waals surface area contributed by atoms with E-state index in [1.165, 1.54) is 35.2 Å². The molecule has 0 saturated carbocycles. The van der Waals surface area contributed by atoms with Gasteiger partial charge >= 0.3 is 0 Å². The molecule has 4 aromatic rings. The number of hydrogen-bond donors (Lipinski definition) is 1. The molecule has 0 aliphatic rings. The summed E-state index contributed by atoms with van der Waals surface area (Å²) in [6.07, 6.45) is 1.85. The van der Waals surface area contributed by atoms with E-state index >= 15 is 0 Å². The molecule has 236 valence electrons. The Balaban J connectivity index is 1.81. The van der Waals surface area contributed by atoms with Crippen molar-refractivity contribution in [3.05, 3.63) is 129 Å². The van der Waals surface area contributed by atoms with Crippen LogP contribution >= 0.6 is 34.8 Å². The molecule has 4 rings (SSSR count). The van der Waals surface area contributed by atoms with Crippen molar-refractivity contribution < 1.29 is 18.0 Å². The molecule has 1 atom stereocenters. The largest absolute Gasteiger partial charge is 0.354 e. The normalized spacial score (nSPS) is 11.9. The lowest BCUT2D eigenvalue weighted by atomic mass is 10.0. The van der Waals surface area contributed by atoms with Crippen molar-refractivity contribution >= 4 is 62.3 Å². The van der Waals surface area contributed by atoms with E-state index in [0.717, 1.165) is 22.7 Å². The molecule has 11 heteroatoms. The fraction of sp³-hybridized carbons (Fsp3) is 0.235. The quantitative estimate of drug-likeness (QED) is 0.140. The third-order valence-electron chi connectivity index (χ3n) is 7.13. The SMILES string of the molecule is CCCCNC(=O)[C@H](Cc1ccccc1)N(Cc1cccc(Cl)c1)C(=O)CN(c1ccc(Cl)cc1Cl)S(=O)(=O)c1ccccc1. The molecule has 0 spiro atoms. The number of halogens is 3. The van der Waals surface area contributed by atoms with E-state index in [9.17, 15) is 18.0 Å². The van der Waals surface area contributed by atoms with E-state index in [0.29, 0.717) is 22.2 Å². The molecule has 4 aromatic carbocycles. The van der Waals surface area contributed by atoms with Gasteiger partial charge in [-0.15, -0.1) is 0 Å². The van der Waals surface area contributed by atoms with E-state index in [1.807, 2.05) is 37.3 Å². The number of unbranched alkanes of at least 4 members (excludes halogenated alkanes) is 1. The number of nitrogens with one attached hydrogen (secondary N) is 1. The third kappa shape index (κ3) is 9.23. The maximum absolute atomic E-state index is 14.5. The van der Waals surface area contributed by atoms with Gasteiger partial charge in [-0.2, -0.15) is 0 Å². The van der Waals surface area contributed by atoms with Crippen LogP contribution in [0.5, 0.6) is 0 Å². The highest BCUT2D eigenvalue weighted by Gasteiger charge is 2.35. The average molecular weight is 687 g/mol. The summed E-state index contributed by atoms with van der Waals surface area (Å²) < 4.78 is 29.1. The predicted octanol–water partition coefficient (Wildman–Crippen LogP) is 7.40. The zero-order valence-electron chi connectivity index (χ0n) is 24.7. The average Bonchev–Trinajstić information content (AvgIpc) is 3.03. The highest BCUT2D eigenvalue weighted by Crippen LogP contribution is 2.33. The molecule has 0 aliphatic carbocycles. The fourth-order valence-corrected chi connectivity index (χ4v) is 7.04. The molecule has 7 nitrogen and oxygen atoms in total. The summed E-state index contributed by atoms with van der Waals surface area (Å²) in [5, 5.41) is 3.79. The molecule has 2 amide bonds. The lowest BCUT2D eigenvalue weighted by molar-refractivity contribution is -0.140. The summed E-state index contributed by atoms with van der Waals surface area (Å²) in [5.41, 5.74) is 1.59. The third-order valence-corrected chi connectivity index (χ3v) is 9.68. The van der Waals surface area contributed by atoms with Crippen LogP contribution in [0.15, 0.2) is 108 Å². The topological polar surface area (TPSA) is 86.8 Å². The van der Waals surface area contributed by atoms with Gasteiger partial charge in [-0.3, -0.25) is 13.9 Å². The summed E-state index contributed by atoms with van der Waals surface area (Å²) in [5.74, 6) is -0.947. The maximum atomic E-state index is 14.5. The summed E-state index contributed by atoms with van der Waals surface area (Å²) in [6.45, 7) is 1.83. The number of benzene rings is 4. The van der Waals surface area contributed by atoms with E-state index < -0.39 is 28.5 Å². The Bertz CT molecular complexity index is 1710. The van der Waals surface area contributed by atoms with Gasteiger partial charge < -0.3 is 10.2 Å².